The van der Waals surface area contributed by atoms with E-state index in [0.29, 0.717) is 34.4 Å². The predicted molar refractivity (Wildman–Crippen MR) is 115 cm³/mol. The van der Waals surface area contributed by atoms with Gasteiger partial charge in [-0.3, -0.25) is 0 Å². The summed E-state index contributed by atoms with van der Waals surface area (Å²) in [6.07, 6.45) is 1.67. The van der Waals surface area contributed by atoms with Gasteiger partial charge in [-0.25, -0.2) is 17.5 Å². The van der Waals surface area contributed by atoms with E-state index in [1.54, 1.807) is 42.1 Å². The van der Waals surface area contributed by atoms with E-state index >= 15 is 0 Å². The molecular formula is C21H18ClFN4O2S. The molecule has 2 aromatic carbocycles. The molecule has 2 aromatic heterocycles. The summed E-state index contributed by atoms with van der Waals surface area (Å²) in [6, 6.07) is 10.8. The molecule has 0 aliphatic heterocycles. The summed E-state index contributed by atoms with van der Waals surface area (Å²) in [5.41, 5.74) is 2.77. The molecule has 30 heavy (non-hydrogen) atoms. The van der Waals surface area contributed by atoms with Gasteiger partial charge in [0.2, 0.25) is 0 Å². The highest BCUT2D eigenvalue weighted by atomic mass is 35.5. The number of sulfone groups is 1. The molecule has 0 bridgehead atoms. The number of halogens is 2. The number of hydrogen-bond acceptors (Lipinski definition) is 5. The molecule has 6 nitrogen and oxygen atoms in total. The van der Waals surface area contributed by atoms with Crippen molar-refractivity contribution in [3.63, 3.8) is 0 Å². The van der Waals surface area contributed by atoms with E-state index < -0.39 is 15.7 Å². The van der Waals surface area contributed by atoms with E-state index in [4.69, 9.17) is 11.6 Å². The van der Waals surface area contributed by atoms with Gasteiger partial charge in [-0.15, -0.1) is 10.2 Å². The van der Waals surface area contributed by atoms with Gasteiger partial charge < -0.3 is 0 Å². The number of rotatable bonds is 5. The molecule has 2 heterocycles. The minimum Gasteiger partial charge on any atom is -0.246 e. The van der Waals surface area contributed by atoms with Gasteiger partial charge in [-0.1, -0.05) is 36.7 Å². The van der Waals surface area contributed by atoms with E-state index in [1.807, 2.05) is 6.92 Å². The Morgan fingerprint density at radius 1 is 1.03 bits per heavy atom. The summed E-state index contributed by atoms with van der Waals surface area (Å²) in [5, 5.41) is 13.4. The summed E-state index contributed by atoms with van der Waals surface area (Å²) in [7, 11) is -3.32. The number of aryl methyl sites for hydroxylation is 1. The first-order valence-electron chi connectivity index (χ1n) is 9.36. The maximum Gasteiger partial charge on any atom is 0.181 e. The lowest BCUT2D eigenvalue weighted by Crippen LogP contribution is -2.03. The number of benzene rings is 2. The second kappa shape index (κ2) is 7.77. The third-order valence-corrected chi connectivity index (χ3v) is 6.99. The fourth-order valence-corrected chi connectivity index (χ4v) is 4.46. The van der Waals surface area contributed by atoms with Crippen molar-refractivity contribution in [1.82, 2.24) is 20.0 Å². The van der Waals surface area contributed by atoms with Crippen LogP contribution < -0.4 is 0 Å². The maximum absolute atomic E-state index is 14.6. The van der Waals surface area contributed by atoms with Crippen molar-refractivity contribution < 1.29 is 12.8 Å². The smallest absolute Gasteiger partial charge is 0.181 e. The topological polar surface area (TPSA) is 77.7 Å². The van der Waals surface area contributed by atoms with Crippen LogP contribution in [0.15, 0.2) is 53.6 Å². The van der Waals surface area contributed by atoms with Crippen molar-refractivity contribution in [2.45, 2.75) is 25.3 Å². The van der Waals surface area contributed by atoms with Crippen LogP contribution in [0.3, 0.4) is 0 Å². The van der Waals surface area contributed by atoms with Gasteiger partial charge >= 0.3 is 0 Å². The molecule has 4 rings (SSSR count). The molecule has 0 N–H and O–H groups in total. The van der Waals surface area contributed by atoms with Gasteiger partial charge in [-0.2, -0.15) is 5.10 Å². The van der Waals surface area contributed by atoms with Crippen LogP contribution in [0.1, 0.15) is 13.8 Å². The van der Waals surface area contributed by atoms with Gasteiger partial charge in [0.1, 0.15) is 5.82 Å². The zero-order valence-corrected chi connectivity index (χ0v) is 17.9. The van der Waals surface area contributed by atoms with Crippen LogP contribution in [0, 0.1) is 5.82 Å². The number of fused-ring (bicyclic) bond motifs is 1. The van der Waals surface area contributed by atoms with Crippen LogP contribution >= 0.6 is 11.6 Å². The number of hydrogen-bond donors (Lipinski definition) is 0. The first-order chi connectivity index (χ1) is 14.4. The Balaban J connectivity index is 1.85. The zero-order chi connectivity index (χ0) is 21.5. The van der Waals surface area contributed by atoms with E-state index in [2.05, 4.69) is 15.3 Å². The molecule has 4 aromatic rings. The number of nitrogens with zero attached hydrogens (tertiary/aromatic N) is 4. The maximum atomic E-state index is 14.6. The van der Waals surface area contributed by atoms with Crippen molar-refractivity contribution in [2.75, 3.05) is 5.75 Å². The van der Waals surface area contributed by atoms with Crippen molar-refractivity contribution >= 4 is 32.5 Å². The van der Waals surface area contributed by atoms with Gasteiger partial charge in [0.15, 0.2) is 20.6 Å². The molecule has 0 radical (unpaired) electrons. The molecular weight excluding hydrogens is 427 g/mol. The first-order valence-corrected chi connectivity index (χ1v) is 11.4. The lowest BCUT2D eigenvalue weighted by molar-refractivity contribution is 0.597. The van der Waals surface area contributed by atoms with E-state index in [9.17, 15) is 12.8 Å². The van der Waals surface area contributed by atoms with Gasteiger partial charge in [0.25, 0.3) is 0 Å². The second-order valence-electron chi connectivity index (χ2n) is 6.69. The molecule has 0 saturated carbocycles. The zero-order valence-electron chi connectivity index (χ0n) is 16.3. The Hall–Kier alpha value is -2.84. The molecule has 0 fully saturated rings. The Morgan fingerprint density at radius 2 is 1.73 bits per heavy atom. The average molecular weight is 445 g/mol. The summed E-state index contributed by atoms with van der Waals surface area (Å²) in [4.78, 5) is 0.209. The Labute approximate surface area is 178 Å². The standard InChI is InChI=1S/C21H18ClFN4O2S/c1-3-27-21-17(12-24-27)19(20(22)25-26-21)14-7-10-18(23)16(11-14)13-5-8-15(9-6-13)30(28,29)4-2/h5-12H,3-4H2,1-2H3. The Bertz CT molecular complexity index is 1350. The molecule has 0 saturated heterocycles. The van der Waals surface area contributed by atoms with E-state index in [1.165, 1.54) is 18.2 Å². The number of aromatic nitrogens is 4. The second-order valence-corrected chi connectivity index (χ2v) is 9.32. The van der Waals surface area contributed by atoms with Crippen LogP contribution in [-0.2, 0) is 16.4 Å². The fraction of sp³-hybridized carbons (Fsp3) is 0.190. The molecule has 154 valence electrons. The highest BCUT2D eigenvalue weighted by molar-refractivity contribution is 7.91. The lowest BCUT2D eigenvalue weighted by Gasteiger charge is -2.10. The van der Waals surface area contributed by atoms with Gasteiger partial charge in [0.05, 0.1) is 22.2 Å². The van der Waals surface area contributed by atoms with Crippen molar-refractivity contribution in [3.05, 3.63) is 59.6 Å². The Morgan fingerprint density at radius 3 is 2.40 bits per heavy atom. The van der Waals surface area contributed by atoms with Crippen LogP contribution in [0.25, 0.3) is 33.3 Å². The van der Waals surface area contributed by atoms with E-state index in [0.717, 1.165) is 5.39 Å². The molecule has 9 heteroatoms. The third-order valence-electron chi connectivity index (χ3n) is 4.98. The lowest BCUT2D eigenvalue weighted by atomic mass is 9.98. The summed E-state index contributed by atoms with van der Waals surface area (Å²) in [6.45, 7) is 4.15. The molecule has 0 amide bonds. The van der Waals surface area contributed by atoms with E-state index in [-0.39, 0.29) is 15.8 Å². The van der Waals surface area contributed by atoms with Crippen molar-refractivity contribution in [3.8, 4) is 22.3 Å². The SMILES string of the molecule is CCn1ncc2c(-c3ccc(F)c(-c4ccc(S(=O)(=O)CC)cc4)c3)c(Cl)nnc21. The minimum atomic E-state index is -3.32. The summed E-state index contributed by atoms with van der Waals surface area (Å²) < 4.78 is 40.4. The largest absolute Gasteiger partial charge is 0.246 e. The van der Waals surface area contributed by atoms with Crippen molar-refractivity contribution in [1.29, 1.82) is 0 Å². The summed E-state index contributed by atoms with van der Waals surface area (Å²) in [5.74, 6) is -0.422. The van der Waals surface area contributed by atoms with Gasteiger partial charge in [-0.05, 0) is 42.3 Å². The fourth-order valence-electron chi connectivity index (χ4n) is 3.33. The average Bonchev–Trinajstić information content (AvgIpc) is 3.17. The van der Waals surface area contributed by atoms with Crippen LogP contribution in [-0.4, -0.2) is 34.1 Å². The predicted octanol–water partition coefficient (Wildman–Crippen LogP) is 4.77. The highest BCUT2D eigenvalue weighted by Crippen LogP contribution is 2.36. The Kier molecular flexibility index (Phi) is 5.29. The van der Waals surface area contributed by atoms with Crippen LogP contribution in [0.4, 0.5) is 4.39 Å². The van der Waals surface area contributed by atoms with Gasteiger partial charge in [0, 0.05) is 17.7 Å². The van der Waals surface area contributed by atoms with Crippen LogP contribution in [0.5, 0.6) is 0 Å². The highest BCUT2D eigenvalue weighted by Gasteiger charge is 2.18. The monoisotopic (exact) mass is 444 g/mol. The molecule has 0 aliphatic carbocycles. The first kappa shape index (κ1) is 20.4. The van der Waals surface area contributed by atoms with Crippen molar-refractivity contribution in [2.24, 2.45) is 0 Å². The summed E-state index contributed by atoms with van der Waals surface area (Å²) >= 11 is 6.34. The molecule has 0 aliphatic rings. The molecule has 0 unspecified atom stereocenters. The quantitative estimate of drug-likeness (QED) is 0.443. The normalized spacial score (nSPS) is 11.9. The third kappa shape index (κ3) is 3.46. The minimum absolute atomic E-state index is 0.00513. The molecule has 0 atom stereocenters. The molecule has 0 spiro atoms. The van der Waals surface area contributed by atoms with Crippen LogP contribution in [0.2, 0.25) is 5.15 Å².